The molecule has 3 nitrogen and oxygen atoms in total. The zero-order valence-electron chi connectivity index (χ0n) is 6.63. The summed E-state index contributed by atoms with van der Waals surface area (Å²) < 4.78 is 0.290. The molecule has 0 saturated carbocycles. The molecule has 0 bridgehead atoms. The molecule has 8 heteroatoms. The molecule has 1 saturated heterocycles. The molecule has 0 N–H and O–H groups in total. The van der Waals surface area contributed by atoms with Crippen LogP contribution in [0.1, 0.15) is 0 Å². The third-order valence-corrected chi connectivity index (χ3v) is 4.93. The zero-order valence-corrected chi connectivity index (χ0v) is 10.5. The van der Waals surface area contributed by atoms with Crippen LogP contribution in [0.15, 0.2) is 19.5 Å². The van der Waals surface area contributed by atoms with Crippen LogP contribution in [0.25, 0.3) is 0 Å². The first-order chi connectivity index (χ1) is 6.54. The third-order valence-electron chi connectivity index (χ3n) is 1.30. The summed E-state index contributed by atoms with van der Waals surface area (Å²) in [6.07, 6.45) is 0. The topological polar surface area (TPSA) is 43.1 Å². The number of nitro groups is 1. The summed E-state index contributed by atoms with van der Waals surface area (Å²) in [5.74, 6) is 1.67. The molecule has 78 valence electrons. The number of hydrogen-bond acceptors (Lipinski definition) is 4. The molecule has 1 aliphatic heterocycles. The van der Waals surface area contributed by atoms with E-state index >= 15 is 0 Å². The van der Waals surface area contributed by atoms with Crippen LogP contribution < -0.4 is 0 Å². The Labute approximate surface area is 104 Å². The second kappa shape index (κ2) is 5.51. The van der Waals surface area contributed by atoms with Crippen molar-refractivity contribution < 1.29 is 4.92 Å². The van der Waals surface area contributed by atoms with Gasteiger partial charge in [-0.05, 0) is 0 Å². The van der Waals surface area contributed by atoms with Crippen LogP contribution in [0.5, 0.6) is 0 Å². The standard InChI is InChI=1S/C6H4Cl3NO2S2/c7-3(5(8)9)4(10(11)12)6-13-1-2-14-6/h1-2H2. The molecule has 1 rings (SSSR count). The maximum atomic E-state index is 10.7. The molecule has 0 atom stereocenters. The van der Waals surface area contributed by atoms with Gasteiger partial charge in [0.05, 0.1) is 4.92 Å². The Morgan fingerprint density at radius 1 is 1.29 bits per heavy atom. The van der Waals surface area contributed by atoms with E-state index < -0.39 is 4.92 Å². The van der Waals surface area contributed by atoms with Gasteiger partial charge in [0, 0.05) is 11.5 Å². The fraction of sp³-hybridized carbons (Fsp3) is 0.333. The molecule has 0 spiro atoms. The molecule has 1 aliphatic rings. The maximum Gasteiger partial charge on any atom is 0.310 e. The Balaban J connectivity index is 3.13. The van der Waals surface area contributed by atoms with E-state index in [2.05, 4.69) is 0 Å². The molecule has 1 fully saturated rings. The fourth-order valence-electron chi connectivity index (χ4n) is 0.781. The molecule has 0 radical (unpaired) electrons. The van der Waals surface area contributed by atoms with Crippen molar-refractivity contribution in [3.8, 4) is 0 Å². The summed E-state index contributed by atoms with van der Waals surface area (Å²) in [5.41, 5.74) is -0.195. The highest BCUT2D eigenvalue weighted by Gasteiger charge is 2.27. The SMILES string of the molecule is O=[N+]([O-])C(=C1SCCS1)C(Cl)=C(Cl)Cl. The predicted octanol–water partition coefficient (Wildman–Crippen LogP) is 3.80. The van der Waals surface area contributed by atoms with Crippen LogP contribution in [-0.4, -0.2) is 16.4 Å². The van der Waals surface area contributed by atoms with E-state index in [9.17, 15) is 10.1 Å². The van der Waals surface area contributed by atoms with Gasteiger partial charge in [-0.15, -0.1) is 23.5 Å². The lowest BCUT2D eigenvalue weighted by Gasteiger charge is -1.99. The first-order valence-electron chi connectivity index (χ1n) is 3.39. The minimum absolute atomic E-state index is 0.195. The largest absolute Gasteiger partial charge is 0.310 e. The monoisotopic (exact) mass is 291 g/mol. The van der Waals surface area contributed by atoms with Gasteiger partial charge in [-0.3, -0.25) is 10.1 Å². The van der Waals surface area contributed by atoms with Gasteiger partial charge in [0.25, 0.3) is 0 Å². The van der Waals surface area contributed by atoms with Crippen molar-refractivity contribution in [2.45, 2.75) is 0 Å². The second-order valence-electron chi connectivity index (χ2n) is 2.16. The van der Waals surface area contributed by atoms with Crippen LogP contribution in [0.3, 0.4) is 0 Å². The first kappa shape index (κ1) is 12.5. The normalized spacial score (nSPS) is 15.5. The maximum absolute atomic E-state index is 10.7. The van der Waals surface area contributed by atoms with Gasteiger partial charge in [0.2, 0.25) is 0 Å². The molecule has 1 heterocycles. The molecule has 0 aromatic heterocycles. The molecule has 0 aromatic rings. The molecular formula is C6H4Cl3NO2S2. The average Bonchev–Trinajstić information content (AvgIpc) is 2.56. The number of rotatable bonds is 2. The van der Waals surface area contributed by atoms with Gasteiger partial charge < -0.3 is 0 Å². The fourth-order valence-corrected chi connectivity index (χ4v) is 3.73. The van der Waals surface area contributed by atoms with Crippen LogP contribution in [0, 0.1) is 10.1 Å². The Morgan fingerprint density at radius 2 is 1.79 bits per heavy atom. The number of thioether (sulfide) groups is 2. The smallest absolute Gasteiger partial charge is 0.258 e. The Hall–Kier alpha value is 0.450. The highest BCUT2D eigenvalue weighted by atomic mass is 35.5. The molecule has 0 aliphatic carbocycles. The van der Waals surface area contributed by atoms with Gasteiger partial charge in [0.15, 0.2) is 5.03 Å². The van der Waals surface area contributed by atoms with Crippen molar-refractivity contribution in [2.24, 2.45) is 0 Å². The van der Waals surface area contributed by atoms with E-state index in [1.165, 1.54) is 23.5 Å². The third kappa shape index (κ3) is 2.97. The van der Waals surface area contributed by atoms with Gasteiger partial charge in [-0.2, -0.15) is 0 Å². The van der Waals surface area contributed by atoms with Gasteiger partial charge in [-0.1, -0.05) is 34.8 Å². The number of nitrogens with zero attached hydrogens (tertiary/aromatic N) is 1. The van der Waals surface area contributed by atoms with Crippen molar-refractivity contribution in [2.75, 3.05) is 11.5 Å². The number of allylic oxidation sites excluding steroid dienone is 1. The van der Waals surface area contributed by atoms with E-state index in [-0.39, 0.29) is 15.2 Å². The molecule has 0 amide bonds. The summed E-state index contributed by atoms with van der Waals surface area (Å²) in [4.78, 5) is 10.2. The lowest BCUT2D eigenvalue weighted by Crippen LogP contribution is -2.00. The summed E-state index contributed by atoms with van der Waals surface area (Å²) >= 11 is 19.2. The second-order valence-corrected chi connectivity index (χ2v) is 5.96. The highest BCUT2D eigenvalue weighted by Crippen LogP contribution is 2.42. The van der Waals surface area contributed by atoms with E-state index in [4.69, 9.17) is 34.8 Å². The predicted molar refractivity (Wildman–Crippen MR) is 63.5 cm³/mol. The highest BCUT2D eigenvalue weighted by molar-refractivity contribution is 8.25. The Kier molecular flexibility index (Phi) is 4.93. The van der Waals surface area contributed by atoms with Crippen molar-refractivity contribution in [1.82, 2.24) is 0 Å². The molecule has 14 heavy (non-hydrogen) atoms. The summed E-state index contributed by atoms with van der Waals surface area (Å²) in [7, 11) is 0. The Bertz CT molecular complexity index is 317. The van der Waals surface area contributed by atoms with Crippen LogP contribution in [0.4, 0.5) is 0 Å². The molecule has 0 aromatic carbocycles. The van der Waals surface area contributed by atoms with E-state index in [1.807, 2.05) is 0 Å². The van der Waals surface area contributed by atoms with Crippen molar-refractivity contribution in [1.29, 1.82) is 0 Å². The van der Waals surface area contributed by atoms with E-state index in [0.29, 0.717) is 4.24 Å². The van der Waals surface area contributed by atoms with E-state index in [0.717, 1.165) is 11.5 Å². The van der Waals surface area contributed by atoms with Gasteiger partial charge in [-0.25, -0.2) is 0 Å². The molecule has 0 unspecified atom stereocenters. The van der Waals surface area contributed by atoms with Gasteiger partial charge >= 0.3 is 5.70 Å². The van der Waals surface area contributed by atoms with Crippen molar-refractivity contribution >= 4 is 58.3 Å². The Morgan fingerprint density at radius 3 is 2.14 bits per heavy atom. The lowest BCUT2D eigenvalue weighted by molar-refractivity contribution is -0.419. The minimum Gasteiger partial charge on any atom is -0.258 e. The number of halogens is 3. The summed E-state index contributed by atoms with van der Waals surface area (Å²) in [5, 5.41) is 10.5. The molecular weight excluding hydrogens is 289 g/mol. The van der Waals surface area contributed by atoms with Gasteiger partial charge in [0.1, 0.15) is 8.73 Å². The minimum atomic E-state index is -0.562. The quantitative estimate of drug-likeness (QED) is 0.573. The average molecular weight is 293 g/mol. The lowest BCUT2D eigenvalue weighted by atomic mass is 10.5. The summed E-state index contributed by atoms with van der Waals surface area (Å²) in [6, 6.07) is 0. The van der Waals surface area contributed by atoms with Crippen molar-refractivity contribution in [3.05, 3.63) is 29.6 Å². The summed E-state index contributed by atoms with van der Waals surface area (Å²) in [6.45, 7) is 0. The van der Waals surface area contributed by atoms with E-state index in [1.54, 1.807) is 0 Å². The van der Waals surface area contributed by atoms with Crippen LogP contribution in [0.2, 0.25) is 0 Å². The van der Waals surface area contributed by atoms with Crippen LogP contribution in [-0.2, 0) is 0 Å². The first-order valence-corrected chi connectivity index (χ1v) is 6.50. The zero-order chi connectivity index (χ0) is 10.7. The van der Waals surface area contributed by atoms with Crippen molar-refractivity contribution in [3.63, 3.8) is 0 Å². The van der Waals surface area contributed by atoms with Crippen LogP contribution >= 0.6 is 58.3 Å². The number of hydrogen-bond donors (Lipinski definition) is 0.